The summed E-state index contributed by atoms with van der Waals surface area (Å²) < 4.78 is 7.58. The molecule has 0 aromatic carbocycles. The monoisotopic (exact) mass is 462 g/mol. The normalized spacial score (nSPS) is 22.2. The third kappa shape index (κ3) is 4.36. The molecule has 2 atom stereocenters. The number of carbonyl (C=O) groups is 2. The topological polar surface area (TPSA) is 122 Å². The summed E-state index contributed by atoms with van der Waals surface area (Å²) in [7, 11) is 1.84. The summed E-state index contributed by atoms with van der Waals surface area (Å²) >= 11 is 0. The van der Waals surface area contributed by atoms with Gasteiger partial charge in [0, 0.05) is 37.6 Å². The number of imide groups is 1. The van der Waals surface area contributed by atoms with Gasteiger partial charge in [0.15, 0.2) is 0 Å². The Balaban J connectivity index is 1.21. The molecular weight excluding hydrogens is 436 g/mol. The molecule has 3 amide bonds. The first-order valence-corrected chi connectivity index (χ1v) is 11.3. The third-order valence-electron chi connectivity index (χ3n) is 6.52. The molecule has 5 rings (SSSR count). The second-order valence-electron chi connectivity index (χ2n) is 8.93. The average Bonchev–Trinajstić information content (AvgIpc) is 3.39. The molecule has 176 valence electrons. The Labute approximate surface area is 196 Å². The Morgan fingerprint density at radius 2 is 2.09 bits per heavy atom. The van der Waals surface area contributed by atoms with E-state index in [1.807, 2.05) is 19.3 Å². The molecule has 0 bridgehead atoms. The van der Waals surface area contributed by atoms with Crippen LogP contribution < -0.4 is 10.1 Å². The number of anilines is 1. The van der Waals surface area contributed by atoms with Gasteiger partial charge < -0.3 is 9.84 Å². The van der Waals surface area contributed by atoms with Crippen molar-refractivity contribution in [1.29, 1.82) is 0 Å². The molecule has 1 aliphatic heterocycles. The molecule has 3 aromatic rings. The van der Waals surface area contributed by atoms with Crippen LogP contribution in [-0.2, 0) is 11.8 Å². The molecule has 1 aliphatic carbocycles. The molecule has 2 unspecified atom stereocenters. The van der Waals surface area contributed by atoms with E-state index in [9.17, 15) is 14.7 Å². The summed E-state index contributed by atoms with van der Waals surface area (Å²) in [6.07, 6.45) is 9.53. The highest BCUT2D eigenvalue weighted by Gasteiger charge is 2.50. The quantitative estimate of drug-likeness (QED) is 0.609. The van der Waals surface area contributed by atoms with Crippen LogP contribution >= 0.6 is 0 Å². The summed E-state index contributed by atoms with van der Waals surface area (Å²) in [6.45, 7) is 0.347. The number of hydrogen-bond acceptors (Lipinski definition) is 7. The van der Waals surface area contributed by atoms with Crippen molar-refractivity contribution in [1.82, 2.24) is 24.6 Å². The van der Waals surface area contributed by atoms with Crippen LogP contribution in [0.5, 0.6) is 11.5 Å². The number of aromatic nitrogens is 4. The van der Waals surface area contributed by atoms with Gasteiger partial charge in [0.1, 0.15) is 17.3 Å². The van der Waals surface area contributed by atoms with Crippen LogP contribution in [0.25, 0.3) is 11.3 Å². The number of likely N-dealkylation sites (tertiary alicyclic amines) is 1. The maximum absolute atomic E-state index is 13.0. The highest BCUT2D eigenvalue weighted by atomic mass is 16.5. The van der Waals surface area contributed by atoms with E-state index < -0.39 is 17.6 Å². The van der Waals surface area contributed by atoms with Crippen molar-refractivity contribution in [3.63, 3.8) is 0 Å². The Kier molecular flexibility index (Phi) is 5.74. The molecule has 4 heterocycles. The van der Waals surface area contributed by atoms with Gasteiger partial charge in [0.25, 0.3) is 0 Å². The van der Waals surface area contributed by atoms with Crippen LogP contribution in [0, 0.1) is 5.41 Å². The number of pyridine rings is 2. The number of carbonyl (C=O) groups excluding carboxylic acids is 2. The van der Waals surface area contributed by atoms with Crippen molar-refractivity contribution < 1.29 is 19.4 Å². The molecule has 0 radical (unpaired) electrons. The average molecular weight is 463 g/mol. The number of hydrogen-bond donors (Lipinski definition) is 2. The van der Waals surface area contributed by atoms with Crippen LogP contribution in [0.1, 0.15) is 32.1 Å². The smallest absolute Gasteiger partial charge is 0.329 e. The molecule has 1 saturated heterocycles. The second kappa shape index (κ2) is 8.86. The van der Waals surface area contributed by atoms with Gasteiger partial charge >= 0.3 is 6.03 Å². The van der Waals surface area contributed by atoms with E-state index in [2.05, 4.69) is 20.4 Å². The molecule has 3 aromatic heterocycles. The SMILES string of the molecule is Cn1cc(-c2cc(Oc3ccc(NC(=O)N4CCC5(CCCC(O)C5)C4=O)nc3)ccn2)cn1. The predicted molar refractivity (Wildman–Crippen MR) is 123 cm³/mol. The van der Waals surface area contributed by atoms with Crippen LogP contribution in [0.15, 0.2) is 49.1 Å². The number of nitrogens with one attached hydrogen (secondary N) is 1. The summed E-state index contributed by atoms with van der Waals surface area (Å²) in [5, 5.41) is 16.9. The maximum Gasteiger partial charge on any atom is 0.329 e. The molecule has 2 aliphatic rings. The third-order valence-corrected chi connectivity index (χ3v) is 6.52. The molecular formula is C24H26N6O4. The first kappa shape index (κ1) is 22.0. The van der Waals surface area contributed by atoms with Gasteiger partial charge in [0.2, 0.25) is 5.91 Å². The van der Waals surface area contributed by atoms with E-state index in [1.165, 1.54) is 11.1 Å². The standard InChI is InChI=1S/C24H26N6O4/c1-29-15-16(13-27-29)20-11-18(6-9-25-20)34-19-4-5-21(26-14-19)28-23(33)30-10-8-24(22(30)32)7-2-3-17(31)12-24/h4-6,9,11,13-15,17,31H,2-3,7-8,10,12H2,1H3,(H,26,28,33). The van der Waals surface area contributed by atoms with E-state index in [1.54, 1.807) is 35.3 Å². The van der Waals surface area contributed by atoms with Gasteiger partial charge in [-0.1, -0.05) is 0 Å². The maximum atomic E-state index is 13.0. The minimum absolute atomic E-state index is 0.203. The Morgan fingerprint density at radius 3 is 2.82 bits per heavy atom. The van der Waals surface area contributed by atoms with Crippen molar-refractivity contribution in [2.24, 2.45) is 12.5 Å². The summed E-state index contributed by atoms with van der Waals surface area (Å²) in [5.74, 6) is 1.20. The fourth-order valence-electron chi connectivity index (χ4n) is 4.78. The van der Waals surface area contributed by atoms with E-state index in [0.717, 1.165) is 17.7 Å². The minimum Gasteiger partial charge on any atom is -0.456 e. The number of ether oxygens (including phenoxy) is 1. The first-order valence-electron chi connectivity index (χ1n) is 11.3. The number of nitrogens with zero attached hydrogens (tertiary/aromatic N) is 5. The van der Waals surface area contributed by atoms with E-state index in [-0.39, 0.29) is 5.91 Å². The lowest BCUT2D eigenvalue weighted by molar-refractivity contribution is -0.137. The number of aliphatic hydroxyl groups is 1. The zero-order valence-corrected chi connectivity index (χ0v) is 18.8. The number of rotatable bonds is 4. The van der Waals surface area contributed by atoms with Crippen molar-refractivity contribution in [2.75, 3.05) is 11.9 Å². The summed E-state index contributed by atoms with van der Waals surface area (Å²) in [6, 6.07) is 6.36. The Bertz CT molecular complexity index is 1210. The second-order valence-corrected chi connectivity index (χ2v) is 8.93. The Morgan fingerprint density at radius 1 is 1.21 bits per heavy atom. The van der Waals surface area contributed by atoms with Crippen molar-refractivity contribution in [3.8, 4) is 22.8 Å². The van der Waals surface area contributed by atoms with Crippen LogP contribution in [0.3, 0.4) is 0 Å². The molecule has 2 N–H and O–H groups in total. The molecule has 10 heteroatoms. The Hall–Kier alpha value is -3.79. The highest BCUT2D eigenvalue weighted by Crippen LogP contribution is 2.45. The lowest BCUT2D eigenvalue weighted by Crippen LogP contribution is -2.43. The number of aliphatic hydroxyl groups excluding tert-OH is 1. The molecule has 1 saturated carbocycles. The van der Waals surface area contributed by atoms with Gasteiger partial charge in [-0.15, -0.1) is 0 Å². The number of amides is 3. The van der Waals surface area contributed by atoms with Crippen molar-refractivity contribution in [3.05, 3.63) is 49.1 Å². The number of aryl methyl sites for hydroxylation is 1. The molecule has 10 nitrogen and oxygen atoms in total. The van der Waals surface area contributed by atoms with Gasteiger partial charge in [0.05, 0.1) is 29.6 Å². The zero-order chi connectivity index (χ0) is 23.7. The van der Waals surface area contributed by atoms with E-state index in [0.29, 0.717) is 49.5 Å². The van der Waals surface area contributed by atoms with Gasteiger partial charge in [-0.05, 0) is 50.3 Å². The minimum atomic E-state index is -0.612. The fraction of sp³-hybridized carbons (Fsp3) is 0.375. The fourth-order valence-corrected chi connectivity index (χ4v) is 4.78. The van der Waals surface area contributed by atoms with Crippen molar-refractivity contribution in [2.45, 2.75) is 38.2 Å². The highest BCUT2D eigenvalue weighted by molar-refractivity contribution is 6.04. The lowest BCUT2D eigenvalue weighted by Gasteiger charge is -2.34. The van der Waals surface area contributed by atoms with Gasteiger partial charge in [-0.25, -0.2) is 9.78 Å². The summed E-state index contributed by atoms with van der Waals surface area (Å²) in [4.78, 5) is 35.5. The van der Waals surface area contributed by atoms with Crippen LogP contribution in [0.4, 0.5) is 10.6 Å². The molecule has 1 spiro atoms. The lowest BCUT2D eigenvalue weighted by atomic mass is 9.72. The molecule has 34 heavy (non-hydrogen) atoms. The van der Waals surface area contributed by atoms with Crippen molar-refractivity contribution >= 4 is 17.8 Å². The van der Waals surface area contributed by atoms with E-state index >= 15 is 0 Å². The van der Waals surface area contributed by atoms with Gasteiger partial charge in [-0.2, -0.15) is 5.10 Å². The zero-order valence-electron chi connectivity index (χ0n) is 18.8. The molecule has 2 fully saturated rings. The number of urea groups is 1. The predicted octanol–water partition coefficient (Wildman–Crippen LogP) is 3.35. The van der Waals surface area contributed by atoms with Gasteiger partial charge in [-0.3, -0.25) is 24.7 Å². The largest absolute Gasteiger partial charge is 0.456 e. The van der Waals surface area contributed by atoms with Crippen LogP contribution in [0.2, 0.25) is 0 Å². The first-order chi connectivity index (χ1) is 16.4. The van der Waals surface area contributed by atoms with Crippen LogP contribution in [-0.4, -0.2) is 54.3 Å². The summed E-state index contributed by atoms with van der Waals surface area (Å²) in [5.41, 5.74) is 1.00. The van der Waals surface area contributed by atoms with E-state index in [4.69, 9.17) is 4.74 Å².